The molecule has 0 saturated carbocycles. The molecule has 0 fully saturated rings. The molecule has 0 aliphatic carbocycles. The van der Waals surface area contributed by atoms with Crippen molar-refractivity contribution < 1.29 is 44.9 Å². The molecule has 0 aliphatic heterocycles. The molecular weight excluding hydrogens is 191 g/mol. The molecule has 3 nitrogen and oxygen atoms in total. The van der Waals surface area contributed by atoms with Gasteiger partial charge in [-0.2, -0.15) is 0 Å². The summed E-state index contributed by atoms with van der Waals surface area (Å²) in [6.45, 7) is 6.60. The maximum atomic E-state index is 10.0. The van der Waals surface area contributed by atoms with Gasteiger partial charge in [0.2, 0.25) is 0 Å². The molecule has 0 aliphatic rings. The predicted molar refractivity (Wildman–Crippen MR) is 51.2 cm³/mol. The molecule has 0 bridgehead atoms. The van der Waals surface area contributed by atoms with Crippen LogP contribution in [0.4, 0.5) is 0 Å². The number of aliphatic carboxylic acids is 1. The Labute approximate surface area is 109 Å². The van der Waals surface area contributed by atoms with Crippen LogP contribution in [0.2, 0.25) is 0 Å². The van der Waals surface area contributed by atoms with E-state index in [0.717, 1.165) is 19.3 Å². The Bertz CT molecular complexity index is 141. The van der Waals surface area contributed by atoms with Crippen LogP contribution in [-0.2, 0) is 4.79 Å². The summed E-state index contributed by atoms with van der Waals surface area (Å²) in [5.74, 6) is -0.925. The third kappa shape index (κ3) is 18.3. The minimum Gasteiger partial charge on any atom is -0.550 e. The first kappa shape index (κ1) is 19.9. The smallest absolute Gasteiger partial charge is 0.550 e. The monoisotopic (exact) mass is 212 g/mol. The number of unbranched alkanes of at least 4 members (excludes halogenated alkanes) is 2. The topological polar surface area (TPSA) is 71.6 Å². The van der Waals surface area contributed by atoms with E-state index in [9.17, 15) is 9.90 Å². The third-order valence-electron chi connectivity index (χ3n) is 1.81. The van der Waals surface area contributed by atoms with Crippen LogP contribution in [0.15, 0.2) is 0 Å². The van der Waals surface area contributed by atoms with Gasteiger partial charge < -0.3 is 15.4 Å². The van der Waals surface area contributed by atoms with Crippen LogP contribution in [0.25, 0.3) is 0 Å². The van der Waals surface area contributed by atoms with Gasteiger partial charge in [0.15, 0.2) is 0 Å². The van der Waals surface area contributed by atoms with E-state index in [1.54, 1.807) is 0 Å². The van der Waals surface area contributed by atoms with Gasteiger partial charge in [0.25, 0.3) is 0 Å². The zero-order valence-electron chi connectivity index (χ0n) is 9.85. The molecule has 4 heteroatoms. The van der Waals surface area contributed by atoms with Gasteiger partial charge in [-0.25, -0.2) is 0 Å². The van der Waals surface area contributed by atoms with Crippen LogP contribution in [0.1, 0.15) is 52.9 Å². The summed E-state index contributed by atoms with van der Waals surface area (Å²) in [7, 11) is 0. The fourth-order valence-corrected chi connectivity index (χ4v) is 1.10. The SMILES string of the molecule is CC(C)(C)CCCCCC(=O)[O-].O.[Na+]. The average Bonchev–Trinajstić information content (AvgIpc) is 1.83. The second-order valence-corrected chi connectivity index (χ2v) is 4.49. The van der Waals surface area contributed by atoms with Crippen molar-refractivity contribution in [1.82, 2.24) is 0 Å². The van der Waals surface area contributed by atoms with Crippen LogP contribution >= 0.6 is 0 Å². The van der Waals surface area contributed by atoms with Gasteiger partial charge in [0.05, 0.1) is 0 Å². The summed E-state index contributed by atoms with van der Waals surface area (Å²) in [6, 6.07) is 0. The number of carbonyl (C=O) groups is 1. The minimum absolute atomic E-state index is 0. The number of carboxylic acids is 1. The summed E-state index contributed by atoms with van der Waals surface area (Å²) in [6.07, 6.45) is 4.27. The van der Waals surface area contributed by atoms with E-state index in [1.165, 1.54) is 6.42 Å². The molecule has 0 radical (unpaired) electrons. The van der Waals surface area contributed by atoms with Crippen LogP contribution in [0.3, 0.4) is 0 Å². The molecule has 0 amide bonds. The second-order valence-electron chi connectivity index (χ2n) is 4.49. The molecule has 0 heterocycles. The molecule has 0 aromatic carbocycles. The Hall–Kier alpha value is 0.430. The largest absolute Gasteiger partial charge is 1.00 e. The first-order valence-electron chi connectivity index (χ1n) is 4.62. The fraction of sp³-hybridized carbons (Fsp3) is 0.900. The maximum Gasteiger partial charge on any atom is 1.00 e. The predicted octanol–water partition coefficient (Wildman–Crippen LogP) is -2.09. The average molecular weight is 212 g/mol. The Morgan fingerprint density at radius 2 is 1.64 bits per heavy atom. The molecule has 0 aromatic heterocycles. The third-order valence-corrected chi connectivity index (χ3v) is 1.81. The molecule has 0 unspecified atom stereocenters. The van der Waals surface area contributed by atoms with Crippen LogP contribution < -0.4 is 34.7 Å². The van der Waals surface area contributed by atoms with Gasteiger partial charge >= 0.3 is 29.6 Å². The molecule has 0 saturated heterocycles. The van der Waals surface area contributed by atoms with Gasteiger partial charge in [-0.15, -0.1) is 0 Å². The number of hydrogen-bond acceptors (Lipinski definition) is 2. The van der Waals surface area contributed by atoms with Crippen molar-refractivity contribution in [2.75, 3.05) is 0 Å². The van der Waals surface area contributed by atoms with Crippen molar-refractivity contribution in [1.29, 1.82) is 0 Å². The van der Waals surface area contributed by atoms with E-state index >= 15 is 0 Å². The van der Waals surface area contributed by atoms with Crippen molar-refractivity contribution in [3.05, 3.63) is 0 Å². The Morgan fingerprint density at radius 1 is 1.14 bits per heavy atom. The van der Waals surface area contributed by atoms with E-state index in [0.29, 0.717) is 5.41 Å². The van der Waals surface area contributed by atoms with Crippen LogP contribution in [-0.4, -0.2) is 11.4 Å². The normalized spacial score (nSPS) is 9.93. The Kier molecular flexibility index (Phi) is 14.2. The quantitative estimate of drug-likeness (QED) is 0.387. The van der Waals surface area contributed by atoms with E-state index in [2.05, 4.69) is 20.8 Å². The van der Waals surface area contributed by atoms with Crippen molar-refractivity contribution in [3.8, 4) is 0 Å². The van der Waals surface area contributed by atoms with E-state index in [4.69, 9.17) is 0 Å². The van der Waals surface area contributed by atoms with Gasteiger partial charge in [-0.3, -0.25) is 0 Å². The molecule has 0 rings (SSSR count). The zero-order valence-corrected chi connectivity index (χ0v) is 11.9. The first-order valence-corrected chi connectivity index (χ1v) is 4.62. The maximum absolute atomic E-state index is 10.0. The molecule has 0 aromatic rings. The molecular formula is C10H21NaO3. The van der Waals surface area contributed by atoms with Gasteiger partial charge in [-0.05, 0) is 24.7 Å². The summed E-state index contributed by atoms with van der Waals surface area (Å²) in [5.41, 5.74) is 0.376. The van der Waals surface area contributed by atoms with Crippen molar-refractivity contribution in [3.63, 3.8) is 0 Å². The van der Waals surface area contributed by atoms with E-state index in [-0.39, 0.29) is 41.5 Å². The number of rotatable bonds is 5. The number of carbonyl (C=O) groups excluding carboxylic acids is 1. The van der Waals surface area contributed by atoms with Crippen LogP contribution in [0, 0.1) is 5.41 Å². The van der Waals surface area contributed by atoms with Crippen molar-refractivity contribution >= 4 is 5.97 Å². The number of hydrogen-bond donors (Lipinski definition) is 0. The van der Waals surface area contributed by atoms with Gasteiger partial charge in [0, 0.05) is 5.97 Å². The van der Waals surface area contributed by atoms with Crippen molar-refractivity contribution in [2.24, 2.45) is 5.41 Å². The van der Waals surface area contributed by atoms with Gasteiger partial charge in [0.1, 0.15) is 0 Å². The molecule has 80 valence electrons. The van der Waals surface area contributed by atoms with Gasteiger partial charge in [-0.1, -0.05) is 33.6 Å². The summed E-state index contributed by atoms with van der Waals surface area (Å²) >= 11 is 0. The molecule has 0 atom stereocenters. The van der Waals surface area contributed by atoms with Crippen LogP contribution in [0.5, 0.6) is 0 Å². The Morgan fingerprint density at radius 3 is 2.00 bits per heavy atom. The molecule has 0 spiro atoms. The standard InChI is InChI=1S/C10H20O2.Na.H2O/c1-10(2,3)8-6-4-5-7-9(11)12;;/h4-8H2,1-3H3,(H,11,12);;1H2/q;+1;/p-1. The zero-order chi connectivity index (χ0) is 9.61. The summed E-state index contributed by atoms with van der Waals surface area (Å²) in [5, 5.41) is 10.0. The second kappa shape index (κ2) is 9.97. The summed E-state index contributed by atoms with van der Waals surface area (Å²) in [4.78, 5) is 10.0. The van der Waals surface area contributed by atoms with Crippen molar-refractivity contribution in [2.45, 2.75) is 52.9 Å². The first-order chi connectivity index (χ1) is 5.42. The summed E-state index contributed by atoms with van der Waals surface area (Å²) < 4.78 is 0. The minimum atomic E-state index is -0.925. The molecule has 2 N–H and O–H groups in total. The van der Waals surface area contributed by atoms with E-state index < -0.39 is 5.97 Å². The van der Waals surface area contributed by atoms with E-state index in [1.807, 2.05) is 0 Å². The number of carboxylic acid groups (broad SMARTS) is 1. The fourth-order valence-electron chi connectivity index (χ4n) is 1.10. The molecule has 14 heavy (non-hydrogen) atoms. The Balaban J connectivity index is -0.000000605.